The van der Waals surface area contributed by atoms with E-state index in [9.17, 15) is 4.79 Å². The number of hydrogen-bond acceptors (Lipinski definition) is 6. The molecule has 6 nitrogen and oxygen atoms in total. The number of rotatable bonds is 9. The largest absolute Gasteiger partial charge is 0.489 e. The molecule has 0 radical (unpaired) electrons. The lowest BCUT2D eigenvalue weighted by Gasteiger charge is -2.23. The molecule has 0 saturated carbocycles. The van der Waals surface area contributed by atoms with Crippen LogP contribution >= 0.6 is 0 Å². The number of carbonyl (C=O) groups excluding carboxylic acids is 1. The van der Waals surface area contributed by atoms with Gasteiger partial charge in [0.15, 0.2) is 0 Å². The van der Waals surface area contributed by atoms with Gasteiger partial charge in [-0.3, -0.25) is 4.79 Å². The zero-order valence-corrected chi connectivity index (χ0v) is 23.6. The smallest absolute Gasteiger partial charge is 0.307 e. The Hall–Kier alpha value is -3.95. The van der Waals surface area contributed by atoms with Crippen molar-refractivity contribution >= 4 is 11.7 Å². The van der Waals surface area contributed by atoms with Crippen molar-refractivity contribution in [3.63, 3.8) is 0 Å². The third-order valence-corrected chi connectivity index (χ3v) is 7.60. The molecule has 2 aliphatic rings. The van der Waals surface area contributed by atoms with Crippen molar-refractivity contribution in [2.45, 2.75) is 51.7 Å². The first-order valence-electron chi connectivity index (χ1n) is 14.0. The maximum absolute atomic E-state index is 11.8. The molecule has 40 heavy (non-hydrogen) atoms. The molecule has 2 aliphatic heterocycles. The second-order valence-corrected chi connectivity index (χ2v) is 10.2. The standard InChI is InChI=1S/C34H37NO5/c1-4-6-26(21-34(36)37-3)25-8-10-28(11-9-25)39-22-24-7-14-33-32(19-24)31-13-12-29(40-30-16-18-38-23-30)20-27(31)15-17-35(33)5-2/h7-14,19-20,26,30H,5,15-18,21-23H2,1-3H3/t26-,30+/m0/s1. The summed E-state index contributed by atoms with van der Waals surface area (Å²) in [7, 11) is 1.40. The van der Waals surface area contributed by atoms with E-state index in [-0.39, 0.29) is 24.4 Å². The van der Waals surface area contributed by atoms with E-state index >= 15 is 0 Å². The van der Waals surface area contributed by atoms with E-state index in [0.717, 1.165) is 55.2 Å². The molecule has 1 fully saturated rings. The summed E-state index contributed by atoms with van der Waals surface area (Å²) in [6.07, 6.45) is 2.27. The number of esters is 1. The first kappa shape index (κ1) is 27.6. The summed E-state index contributed by atoms with van der Waals surface area (Å²) in [5, 5.41) is 0. The number of fused-ring (bicyclic) bond motifs is 3. The first-order valence-corrected chi connectivity index (χ1v) is 14.0. The Balaban J connectivity index is 1.33. The van der Waals surface area contributed by atoms with E-state index in [4.69, 9.17) is 18.9 Å². The minimum Gasteiger partial charge on any atom is -0.489 e. The Morgan fingerprint density at radius 1 is 1.07 bits per heavy atom. The molecule has 0 amide bonds. The molecular weight excluding hydrogens is 502 g/mol. The summed E-state index contributed by atoms with van der Waals surface area (Å²) in [4.78, 5) is 14.2. The Labute approximate surface area is 237 Å². The molecule has 1 saturated heterocycles. The molecule has 2 atom stereocenters. The summed E-state index contributed by atoms with van der Waals surface area (Å²) in [6.45, 7) is 7.79. The van der Waals surface area contributed by atoms with E-state index in [2.05, 4.69) is 60.1 Å². The summed E-state index contributed by atoms with van der Waals surface area (Å²) in [6, 6.07) is 20.9. The topological polar surface area (TPSA) is 57.2 Å². The molecule has 3 aromatic rings. The van der Waals surface area contributed by atoms with Crippen molar-refractivity contribution < 1.29 is 23.7 Å². The van der Waals surface area contributed by atoms with Crippen LogP contribution in [0.3, 0.4) is 0 Å². The highest BCUT2D eigenvalue weighted by atomic mass is 16.5. The number of hydrogen-bond donors (Lipinski definition) is 0. The molecular formula is C34H37NO5. The molecule has 3 aromatic carbocycles. The number of likely N-dealkylation sites (N-methyl/N-ethyl adjacent to an activating group) is 1. The Morgan fingerprint density at radius 3 is 2.62 bits per heavy atom. The van der Waals surface area contributed by atoms with Gasteiger partial charge in [0.1, 0.15) is 24.2 Å². The fourth-order valence-corrected chi connectivity index (χ4v) is 5.42. The number of carbonyl (C=O) groups is 1. The predicted molar refractivity (Wildman–Crippen MR) is 157 cm³/mol. The Morgan fingerprint density at radius 2 is 1.90 bits per heavy atom. The van der Waals surface area contributed by atoms with E-state index in [1.165, 1.54) is 29.5 Å². The van der Waals surface area contributed by atoms with Gasteiger partial charge in [0, 0.05) is 30.8 Å². The van der Waals surface area contributed by atoms with Gasteiger partial charge in [-0.25, -0.2) is 0 Å². The Bertz CT molecular complexity index is 1380. The minimum absolute atomic E-state index is 0.138. The fraction of sp³-hybridized carbons (Fsp3) is 0.382. The summed E-state index contributed by atoms with van der Waals surface area (Å²) in [5.74, 6) is 7.24. The lowest BCUT2D eigenvalue weighted by molar-refractivity contribution is -0.140. The third-order valence-electron chi connectivity index (χ3n) is 7.60. The van der Waals surface area contributed by atoms with Crippen LogP contribution in [0.15, 0.2) is 60.7 Å². The maximum atomic E-state index is 11.8. The van der Waals surface area contributed by atoms with Gasteiger partial charge in [-0.05, 0) is 78.9 Å². The predicted octanol–water partition coefficient (Wildman–Crippen LogP) is 6.15. The molecule has 6 heteroatoms. The van der Waals surface area contributed by atoms with Crippen molar-refractivity contribution in [1.82, 2.24) is 0 Å². The molecule has 0 aromatic heterocycles. The van der Waals surface area contributed by atoms with Gasteiger partial charge in [0.05, 0.1) is 32.7 Å². The van der Waals surface area contributed by atoms with Gasteiger partial charge >= 0.3 is 5.97 Å². The highest BCUT2D eigenvalue weighted by Crippen LogP contribution is 2.39. The molecule has 0 unspecified atom stereocenters. The maximum Gasteiger partial charge on any atom is 0.307 e. The number of methoxy groups -OCH3 is 1. The van der Waals surface area contributed by atoms with E-state index in [1.54, 1.807) is 6.92 Å². The second-order valence-electron chi connectivity index (χ2n) is 10.2. The van der Waals surface area contributed by atoms with Crippen LogP contribution in [0.25, 0.3) is 11.1 Å². The number of benzene rings is 3. The van der Waals surface area contributed by atoms with Crippen molar-refractivity contribution in [1.29, 1.82) is 0 Å². The van der Waals surface area contributed by atoms with E-state index in [1.807, 2.05) is 24.3 Å². The van der Waals surface area contributed by atoms with Crippen molar-refractivity contribution in [2.75, 3.05) is 38.3 Å². The van der Waals surface area contributed by atoms with Crippen molar-refractivity contribution in [3.05, 3.63) is 77.4 Å². The third kappa shape index (κ3) is 6.43. The lowest BCUT2D eigenvalue weighted by atomic mass is 9.96. The number of nitrogens with zero attached hydrogens (tertiary/aromatic N) is 1. The van der Waals surface area contributed by atoms with Crippen molar-refractivity contribution in [3.8, 4) is 34.5 Å². The van der Waals surface area contributed by atoms with Crippen LogP contribution in [0, 0.1) is 11.8 Å². The Kier molecular flexibility index (Phi) is 8.93. The highest BCUT2D eigenvalue weighted by molar-refractivity contribution is 5.83. The first-order chi connectivity index (χ1) is 19.6. The van der Waals surface area contributed by atoms with Crippen LogP contribution in [0.5, 0.6) is 11.5 Å². The lowest BCUT2D eigenvalue weighted by Crippen LogP contribution is -2.24. The second kappa shape index (κ2) is 12.9. The van der Waals surface area contributed by atoms with Crippen LogP contribution in [-0.2, 0) is 27.3 Å². The van der Waals surface area contributed by atoms with Crippen molar-refractivity contribution in [2.24, 2.45) is 0 Å². The van der Waals surface area contributed by atoms with Gasteiger partial charge in [-0.2, -0.15) is 0 Å². The molecule has 0 aliphatic carbocycles. The van der Waals surface area contributed by atoms with Crippen LogP contribution in [0.4, 0.5) is 5.69 Å². The fourth-order valence-electron chi connectivity index (χ4n) is 5.42. The minimum atomic E-state index is -0.272. The number of anilines is 1. The van der Waals surface area contributed by atoms with E-state index < -0.39 is 0 Å². The molecule has 5 rings (SSSR count). The van der Waals surface area contributed by atoms with E-state index in [0.29, 0.717) is 13.2 Å². The number of ether oxygens (including phenoxy) is 4. The zero-order chi connectivity index (χ0) is 27.9. The van der Waals surface area contributed by atoms with Crippen LogP contribution in [0.2, 0.25) is 0 Å². The molecule has 0 bridgehead atoms. The van der Waals surface area contributed by atoms with Crippen LogP contribution in [0.1, 0.15) is 49.3 Å². The van der Waals surface area contributed by atoms with Gasteiger partial charge in [0.2, 0.25) is 0 Å². The van der Waals surface area contributed by atoms with Gasteiger partial charge in [-0.15, -0.1) is 5.92 Å². The SMILES string of the molecule is CC#C[C@@H](CC(=O)OC)c1ccc(OCc2ccc3c(c2)-c2ccc(O[C@@H]4CCOC4)cc2CCN3CC)cc1. The monoisotopic (exact) mass is 539 g/mol. The molecule has 0 N–H and O–H groups in total. The average Bonchev–Trinajstić information content (AvgIpc) is 3.44. The van der Waals surface area contributed by atoms with Gasteiger partial charge in [-0.1, -0.05) is 30.2 Å². The quantitative estimate of drug-likeness (QED) is 0.240. The summed E-state index contributed by atoms with van der Waals surface area (Å²) >= 11 is 0. The molecule has 2 heterocycles. The zero-order valence-electron chi connectivity index (χ0n) is 23.6. The molecule has 0 spiro atoms. The average molecular weight is 540 g/mol. The summed E-state index contributed by atoms with van der Waals surface area (Å²) in [5.41, 5.74) is 7.11. The van der Waals surface area contributed by atoms with Crippen LogP contribution in [-0.4, -0.2) is 45.5 Å². The normalized spacial score (nSPS) is 16.6. The highest BCUT2D eigenvalue weighted by Gasteiger charge is 2.22. The summed E-state index contributed by atoms with van der Waals surface area (Å²) < 4.78 is 22.7. The van der Waals surface area contributed by atoms with Crippen LogP contribution < -0.4 is 14.4 Å². The van der Waals surface area contributed by atoms with Gasteiger partial charge < -0.3 is 23.8 Å². The molecule has 208 valence electrons. The van der Waals surface area contributed by atoms with Gasteiger partial charge in [0.25, 0.3) is 0 Å².